The van der Waals surface area contributed by atoms with E-state index in [-0.39, 0.29) is 5.78 Å². The molecule has 0 amide bonds. The average molecular weight is 282 g/mol. The van der Waals surface area contributed by atoms with E-state index in [0.717, 1.165) is 17.6 Å². The lowest BCUT2D eigenvalue weighted by Gasteiger charge is -2.07. The second kappa shape index (κ2) is 5.52. The topological polar surface area (TPSA) is 52.2 Å². The van der Waals surface area contributed by atoms with Crippen LogP contribution in [0.5, 0.6) is 0 Å². The molecular weight excluding hydrogens is 264 g/mol. The molecule has 0 radical (unpaired) electrons. The molecule has 0 aliphatic rings. The number of rotatable bonds is 5. The zero-order valence-corrected chi connectivity index (χ0v) is 12.2. The first kappa shape index (κ1) is 13.5. The van der Waals surface area contributed by atoms with Crippen molar-refractivity contribution in [3.63, 3.8) is 0 Å². The van der Waals surface area contributed by atoms with Crippen LogP contribution in [0.3, 0.4) is 0 Å². The minimum Gasteiger partial charge on any atom is -0.294 e. The molecule has 0 N–H and O–H groups in total. The fourth-order valence-corrected chi connectivity index (χ4v) is 2.31. The molecule has 5 heteroatoms. The minimum atomic E-state index is 0.0469. The largest absolute Gasteiger partial charge is 0.294 e. The van der Waals surface area contributed by atoms with Gasteiger partial charge in [-0.2, -0.15) is 10.2 Å². The maximum atomic E-state index is 12.4. The van der Waals surface area contributed by atoms with Crippen LogP contribution in [0.25, 0.3) is 5.52 Å². The van der Waals surface area contributed by atoms with Crippen LogP contribution >= 0.6 is 0 Å². The van der Waals surface area contributed by atoms with Crippen LogP contribution in [0.4, 0.5) is 0 Å². The number of pyridine rings is 1. The standard InChI is InChI=1S/C16H18N4O/c1-3-12(2)19-9-7-13(18-19)10-16(21)14-11-17-20-8-5-4-6-15(14)20/h4-9,11-12H,3,10H2,1-2H3. The van der Waals surface area contributed by atoms with Gasteiger partial charge in [-0.25, -0.2) is 4.52 Å². The molecule has 0 bridgehead atoms. The van der Waals surface area contributed by atoms with Gasteiger partial charge < -0.3 is 0 Å². The Balaban J connectivity index is 1.81. The van der Waals surface area contributed by atoms with E-state index >= 15 is 0 Å². The van der Waals surface area contributed by atoms with E-state index in [2.05, 4.69) is 24.0 Å². The van der Waals surface area contributed by atoms with Gasteiger partial charge >= 0.3 is 0 Å². The zero-order chi connectivity index (χ0) is 14.8. The first-order chi connectivity index (χ1) is 10.2. The maximum Gasteiger partial charge on any atom is 0.172 e. The molecule has 3 aromatic rings. The van der Waals surface area contributed by atoms with Crippen LogP contribution in [-0.2, 0) is 6.42 Å². The molecule has 5 nitrogen and oxygen atoms in total. The molecule has 0 saturated heterocycles. The number of hydrogen-bond acceptors (Lipinski definition) is 3. The summed E-state index contributed by atoms with van der Waals surface area (Å²) in [6.45, 7) is 4.24. The number of hydrogen-bond donors (Lipinski definition) is 0. The van der Waals surface area contributed by atoms with Crippen molar-refractivity contribution in [3.8, 4) is 0 Å². The van der Waals surface area contributed by atoms with Crippen molar-refractivity contribution in [2.45, 2.75) is 32.7 Å². The van der Waals surface area contributed by atoms with Crippen LogP contribution in [0.15, 0.2) is 42.9 Å². The first-order valence-corrected chi connectivity index (χ1v) is 7.18. The fraction of sp³-hybridized carbons (Fsp3) is 0.312. The monoisotopic (exact) mass is 282 g/mol. The van der Waals surface area contributed by atoms with E-state index in [9.17, 15) is 4.79 Å². The van der Waals surface area contributed by atoms with E-state index in [4.69, 9.17) is 0 Å². The number of carbonyl (C=O) groups is 1. The second-order valence-electron chi connectivity index (χ2n) is 5.23. The Kier molecular flexibility index (Phi) is 3.56. The predicted molar refractivity (Wildman–Crippen MR) is 80.5 cm³/mol. The third kappa shape index (κ3) is 2.59. The highest BCUT2D eigenvalue weighted by Crippen LogP contribution is 2.14. The maximum absolute atomic E-state index is 12.4. The van der Waals surface area contributed by atoms with Gasteiger partial charge in [0.25, 0.3) is 0 Å². The summed E-state index contributed by atoms with van der Waals surface area (Å²) in [5.41, 5.74) is 2.29. The van der Waals surface area contributed by atoms with Gasteiger partial charge in [-0.15, -0.1) is 0 Å². The molecule has 3 rings (SSSR count). The average Bonchev–Trinajstić information content (AvgIpc) is 3.12. The highest BCUT2D eigenvalue weighted by molar-refractivity contribution is 6.03. The van der Waals surface area contributed by atoms with Gasteiger partial charge in [-0.3, -0.25) is 9.48 Å². The number of carbonyl (C=O) groups excluding carboxylic acids is 1. The molecule has 0 aromatic carbocycles. The SMILES string of the molecule is CCC(C)n1ccc(CC(=O)c2cnn3ccccc23)n1. The molecule has 0 spiro atoms. The highest BCUT2D eigenvalue weighted by atomic mass is 16.1. The molecule has 0 aliphatic heterocycles. The summed E-state index contributed by atoms with van der Waals surface area (Å²) in [5, 5.41) is 8.68. The molecular formula is C16H18N4O. The number of fused-ring (bicyclic) bond motifs is 1. The lowest BCUT2D eigenvalue weighted by molar-refractivity contribution is 0.0993. The molecule has 3 aromatic heterocycles. The molecule has 1 unspecified atom stereocenters. The lowest BCUT2D eigenvalue weighted by Crippen LogP contribution is -2.07. The van der Waals surface area contributed by atoms with E-state index in [1.54, 1.807) is 10.7 Å². The molecule has 21 heavy (non-hydrogen) atoms. The number of Topliss-reactive ketones (excluding diaryl/α,β-unsaturated/α-hetero) is 1. The molecule has 0 saturated carbocycles. The molecule has 0 aliphatic carbocycles. The van der Waals surface area contributed by atoms with Crippen LogP contribution in [-0.4, -0.2) is 25.2 Å². The van der Waals surface area contributed by atoms with Gasteiger partial charge in [0, 0.05) is 18.4 Å². The minimum absolute atomic E-state index is 0.0469. The van der Waals surface area contributed by atoms with Crippen LogP contribution < -0.4 is 0 Å². The zero-order valence-electron chi connectivity index (χ0n) is 12.2. The van der Waals surface area contributed by atoms with Crippen molar-refractivity contribution in [2.75, 3.05) is 0 Å². The Morgan fingerprint density at radius 1 is 1.29 bits per heavy atom. The molecule has 108 valence electrons. The summed E-state index contributed by atoms with van der Waals surface area (Å²) < 4.78 is 3.63. The Labute approximate surface area is 123 Å². The number of aromatic nitrogens is 4. The predicted octanol–water partition coefficient (Wildman–Crippen LogP) is 2.93. The third-order valence-corrected chi connectivity index (χ3v) is 3.77. The summed E-state index contributed by atoms with van der Waals surface area (Å²) in [4.78, 5) is 12.4. The Hall–Kier alpha value is -2.43. The summed E-state index contributed by atoms with van der Waals surface area (Å²) >= 11 is 0. The summed E-state index contributed by atoms with van der Waals surface area (Å²) in [7, 11) is 0. The summed E-state index contributed by atoms with van der Waals surface area (Å²) in [6.07, 6.45) is 6.72. The molecule has 1 atom stereocenters. The fourth-order valence-electron chi connectivity index (χ4n) is 2.31. The smallest absolute Gasteiger partial charge is 0.172 e. The van der Waals surface area contributed by atoms with Crippen molar-refractivity contribution >= 4 is 11.3 Å². The quantitative estimate of drug-likeness (QED) is 0.676. The highest BCUT2D eigenvalue weighted by Gasteiger charge is 2.15. The van der Waals surface area contributed by atoms with Crippen molar-refractivity contribution < 1.29 is 4.79 Å². The third-order valence-electron chi connectivity index (χ3n) is 3.77. The number of nitrogens with zero attached hydrogens (tertiary/aromatic N) is 4. The second-order valence-corrected chi connectivity index (χ2v) is 5.23. The van der Waals surface area contributed by atoms with Crippen molar-refractivity contribution in [3.05, 3.63) is 54.1 Å². The molecule has 0 fully saturated rings. The van der Waals surface area contributed by atoms with Gasteiger partial charge in [-0.1, -0.05) is 13.0 Å². The van der Waals surface area contributed by atoms with Gasteiger partial charge in [0.15, 0.2) is 5.78 Å². The van der Waals surface area contributed by atoms with Crippen molar-refractivity contribution in [2.24, 2.45) is 0 Å². The van der Waals surface area contributed by atoms with Crippen LogP contribution in [0, 0.1) is 0 Å². The Morgan fingerprint density at radius 3 is 2.95 bits per heavy atom. The normalized spacial score (nSPS) is 12.7. The van der Waals surface area contributed by atoms with Gasteiger partial charge in [0.2, 0.25) is 0 Å². The van der Waals surface area contributed by atoms with E-state index < -0.39 is 0 Å². The number of ketones is 1. The van der Waals surface area contributed by atoms with Gasteiger partial charge in [-0.05, 0) is 31.5 Å². The van der Waals surface area contributed by atoms with E-state index in [1.165, 1.54) is 0 Å². The Morgan fingerprint density at radius 2 is 2.14 bits per heavy atom. The van der Waals surface area contributed by atoms with Crippen molar-refractivity contribution in [1.29, 1.82) is 0 Å². The summed E-state index contributed by atoms with van der Waals surface area (Å²) in [5.74, 6) is 0.0469. The van der Waals surface area contributed by atoms with Gasteiger partial charge in [0.1, 0.15) is 0 Å². The first-order valence-electron chi connectivity index (χ1n) is 7.18. The van der Waals surface area contributed by atoms with E-state index in [1.807, 2.05) is 41.3 Å². The van der Waals surface area contributed by atoms with Crippen molar-refractivity contribution in [1.82, 2.24) is 19.4 Å². The van der Waals surface area contributed by atoms with Crippen LogP contribution in [0.1, 0.15) is 42.4 Å². The Bertz CT molecular complexity index is 771. The molecule has 3 heterocycles. The lowest BCUT2D eigenvalue weighted by atomic mass is 10.1. The van der Waals surface area contributed by atoms with E-state index in [0.29, 0.717) is 18.0 Å². The van der Waals surface area contributed by atoms with Crippen LogP contribution in [0.2, 0.25) is 0 Å². The summed E-state index contributed by atoms with van der Waals surface area (Å²) in [6, 6.07) is 7.96. The van der Waals surface area contributed by atoms with Gasteiger partial charge in [0.05, 0.1) is 29.4 Å².